The van der Waals surface area contributed by atoms with Crippen LogP contribution >= 0.6 is 12.4 Å². The highest BCUT2D eigenvalue weighted by atomic mass is 35.5. The highest BCUT2D eigenvalue weighted by Gasteiger charge is 2.20. The van der Waals surface area contributed by atoms with Crippen molar-refractivity contribution in [3.63, 3.8) is 0 Å². The molecule has 0 bridgehead atoms. The number of piperidine rings is 1. The molecule has 20 heavy (non-hydrogen) atoms. The van der Waals surface area contributed by atoms with Gasteiger partial charge in [0.2, 0.25) is 5.91 Å². The molecule has 0 radical (unpaired) electrons. The molecule has 0 saturated carbocycles. The lowest BCUT2D eigenvalue weighted by Crippen LogP contribution is -2.39. The quantitative estimate of drug-likeness (QED) is 0.817. The van der Waals surface area contributed by atoms with Crippen LogP contribution in [-0.4, -0.2) is 32.1 Å². The second-order valence-corrected chi connectivity index (χ2v) is 4.98. The van der Waals surface area contributed by atoms with Crippen LogP contribution in [0, 0.1) is 12.8 Å². The van der Waals surface area contributed by atoms with Crippen molar-refractivity contribution in [3.05, 3.63) is 29.8 Å². The summed E-state index contributed by atoms with van der Waals surface area (Å²) < 4.78 is 5.60. The maximum atomic E-state index is 11.9. The molecule has 1 fully saturated rings. The van der Waals surface area contributed by atoms with E-state index in [0.29, 0.717) is 13.2 Å². The molecule has 0 aliphatic carbocycles. The van der Waals surface area contributed by atoms with Crippen molar-refractivity contribution in [2.45, 2.75) is 19.8 Å². The van der Waals surface area contributed by atoms with E-state index in [0.717, 1.165) is 31.7 Å². The van der Waals surface area contributed by atoms with Gasteiger partial charge in [-0.05, 0) is 50.6 Å². The lowest BCUT2D eigenvalue weighted by atomic mass is 9.97. The van der Waals surface area contributed by atoms with Crippen LogP contribution in [0.25, 0.3) is 0 Å². The van der Waals surface area contributed by atoms with E-state index < -0.39 is 0 Å². The van der Waals surface area contributed by atoms with Gasteiger partial charge in [0, 0.05) is 5.92 Å². The Kier molecular flexibility index (Phi) is 7.41. The zero-order valence-corrected chi connectivity index (χ0v) is 12.7. The predicted molar refractivity (Wildman–Crippen MR) is 82.5 cm³/mol. The van der Waals surface area contributed by atoms with Gasteiger partial charge < -0.3 is 15.4 Å². The van der Waals surface area contributed by atoms with Gasteiger partial charge >= 0.3 is 0 Å². The van der Waals surface area contributed by atoms with Gasteiger partial charge in [0.1, 0.15) is 12.4 Å². The fourth-order valence-electron chi connectivity index (χ4n) is 2.28. The van der Waals surface area contributed by atoms with Crippen molar-refractivity contribution in [2.75, 3.05) is 26.2 Å². The maximum Gasteiger partial charge on any atom is 0.223 e. The van der Waals surface area contributed by atoms with Crippen LogP contribution in [-0.2, 0) is 4.79 Å². The van der Waals surface area contributed by atoms with Gasteiger partial charge in [-0.1, -0.05) is 12.1 Å². The lowest BCUT2D eigenvalue weighted by Gasteiger charge is -2.21. The third-order valence-corrected chi connectivity index (χ3v) is 3.37. The van der Waals surface area contributed by atoms with E-state index in [1.54, 1.807) is 0 Å². The summed E-state index contributed by atoms with van der Waals surface area (Å²) in [5.74, 6) is 1.19. The summed E-state index contributed by atoms with van der Waals surface area (Å²) in [4.78, 5) is 11.9. The first-order valence-electron chi connectivity index (χ1n) is 6.93. The lowest BCUT2D eigenvalue weighted by molar-refractivity contribution is -0.125. The number of carbonyl (C=O) groups is 1. The molecule has 1 aromatic rings. The Morgan fingerprint density at radius 1 is 1.40 bits per heavy atom. The fraction of sp³-hybridized carbons (Fsp3) is 0.533. The fourth-order valence-corrected chi connectivity index (χ4v) is 2.28. The second-order valence-electron chi connectivity index (χ2n) is 4.98. The number of carbonyl (C=O) groups excluding carboxylic acids is 1. The average molecular weight is 299 g/mol. The molecule has 2 rings (SSSR count). The summed E-state index contributed by atoms with van der Waals surface area (Å²) in [6.07, 6.45) is 1.87. The van der Waals surface area contributed by atoms with E-state index in [4.69, 9.17) is 4.74 Å². The van der Waals surface area contributed by atoms with Gasteiger partial charge in [-0.2, -0.15) is 0 Å². The number of aryl methyl sites for hydroxylation is 1. The van der Waals surface area contributed by atoms with Crippen LogP contribution in [0.15, 0.2) is 24.3 Å². The Morgan fingerprint density at radius 3 is 2.85 bits per heavy atom. The molecule has 1 aliphatic heterocycles. The topological polar surface area (TPSA) is 50.4 Å². The van der Waals surface area contributed by atoms with Crippen molar-refractivity contribution in [1.29, 1.82) is 0 Å². The molecule has 0 aromatic heterocycles. The molecule has 0 atom stereocenters. The number of nitrogens with one attached hydrogen (secondary N) is 2. The molecule has 2 N–H and O–H groups in total. The summed E-state index contributed by atoms with van der Waals surface area (Å²) in [5.41, 5.74) is 1.18. The molecule has 4 nitrogen and oxygen atoms in total. The van der Waals surface area contributed by atoms with Crippen molar-refractivity contribution in [2.24, 2.45) is 5.92 Å². The number of hydrogen-bond acceptors (Lipinski definition) is 3. The number of halogens is 1. The van der Waals surface area contributed by atoms with Crippen LogP contribution in [0.1, 0.15) is 18.4 Å². The summed E-state index contributed by atoms with van der Waals surface area (Å²) in [7, 11) is 0. The van der Waals surface area contributed by atoms with E-state index in [1.165, 1.54) is 5.56 Å². The highest BCUT2D eigenvalue weighted by molar-refractivity contribution is 5.85. The molecule has 1 aliphatic rings. The summed E-state index contributed by atoms with van der Waals surface area (Å²) in [6.45, 7) is 5.00. The highest BCUT2D eigenvalue weighted by Crippen LogP contribution is 2.12. The molecule has 1 heterocycles. The zero-order chi connectivity index (χ0) is 13.5. The van der Waals surface area contributed by atoms with E-state index in [-0.39, 0.29) is 24.2 Å². The summed E-state index contributed by atoms with van der Waals surface area (Å²) in [5, 5.41) is 6.20. The number of rotatable bonds is 5. The molecule has 1 amide bonds. The normalized spacial score (nSPS) is 15.2. The molecule has 1 aromatic carbocycles. The minimum Gasteiger partial charge on any atom is -0.492 e. The minimum atomic E-state index is 0. The number of ether oxygens (including phenoxy) is 1. The van der Waals surface area contributed by atoms with Crippen molar-refractivity contribution < 1.29 is 9.53 Å². The van der Waals surface area contributed by atoms with E-state index in [2.05, 4.69) is 10.6 Å². The van der Waals surface area contributed by atoms with E-state index in [1.807, 2.05) is 31.2 Å². The van der Waals surface area contributed by atoms with Gasteiger partial charge in [-0.25, -0.2) is 0 Å². The Bertz CT molecular complexity index is 420. The Balaban J connectivity index is 0.00000200. The second kappa shape index (κ2) is 8.82. The standard InChI is InChI=1S/C15H22N2O2.ClH/c1-12-3-2-4-14(11-12)19-10-9-17-15(18)13-5-7-16-8-6-13;/h2-4,11,13,16H,5-10H2,1H3,(H,17,18);1H. The smallest absolute Gasteiger partial charge is 0.223 e. The van der Waals surface area contributed by atoms with Gasteiger partial charge in [-0.15, -0.1) is 12.4 Å². The molecule has 0 spiro atoms. The molecule has 5 heteroatoms. The first-order valence-corrected chi connectivity index (χ1v) is 6.93. The molecule has 0 unspecified atom stereocenters. The van der Waals surface area contributed by atoms with Crippen LogP contribution < -0.4 is 15.4 Å². The van der Waals surface area contributed by atoms with Gasteiger partial charge in [0.15, 0.2) is 0 Å². The first kappa shape index (κ1) is 16.8. The van der Waals surface area contributed by atoms with Gasteiger partial charge in [-0.3, -0.25) is 4.79 Å². The monoisotopic (exact) mass is 298 g/mol. The van der Waals surface area contributed by atoms with Crippen LogP contribution in [0.4, 0.5) is 0 Å². The van der Waals surface area contributed by atoms with Crippen molar-refractivity contribution in [1.82, 2.24) is 10.6 Å². The van der Waals surface area contributed by atoms with Crippen LogP contribution in [0.2, 0.25) is 0 Å². The number of amides is 1. The maximum absolute atomic E-state index is 11.9. The van der Waals surface area contributed by atoms with Crippen molar-refractivity contribution in [3.8, 4) is 5.75 Å². The van der Waals surface area contributed by atoms with Crippen LogP contribution in [0.3, 0.4) is 0 Å². The third-order valence-electron chi connectivity index (χ3n) is 3.37. The summed E-state index contributed by atoms with van der Waals surface area (Å²) in [6, 6.07) is 7.93. The number of benzene rings is 1. The molecular formula is C15H23ClN2O2. The Labute approximate surface area is 126 Å². The van der Waals surface area contributed by atoms with E-state index >= 15 is 0 Å². The Hall–Kier alpha value is -1.26. The Morgan fingerprint density at radius 2 is 2.15 bits per heavy atom. The summed E-state index contributed by atoms with van der Waals surface area (Å²) >= 11 is 0. The zero-order valence-electron chi connectivity index (χ0n) is 11.9. The van der Waals surface area contributed by atoms with Crippen molar-refractivity contribution >= 4 is 18.3 Å². The van der Waals surface area contributed by atoms with E-state index in [9.17, 15) is 4.79 Å². The van der Waals surface area contributed by atoms with Gasteiger partial charge in [0.25, 0.3) is 0 Å². The van der Waals surface area contributed by atoms with Gasteiger partial charge in [0.05, 0.1) is 6.54 Å². The molecule has 1 saturated heterocycles. The third kappa shape index (κ3) is 5.39. The predicted octanol–water partition coefficient (Wildman–Crippen LogP) is 1.91. The largest absolute Gasteiger partial charge is 0.492 e. The first-order chi connectivity index (χ1) is 9.25. The molecule has 112 valence electrons. The SMILES string of the molecule is Cc1cccc(OCCNC(=O)C2CCNCC2)c1.Cl. The number of hydrogen-bond donors (Lipinski definition) is 2. The molecular weight excluding hydrogens is 276 g/mol. The van der Waals surface area contributed by atoms with Crippen LogP contribution in [0.5, 0.6) is 5.75 Å². The average Bonchev–Trinajstić information content (AvgIpc) is 2.44. The minimum absolute atomic E-state index is 0.